The van der Waals surface area contributed by atoms with Gasteiger partial charge in [0.05, 0.1) is 5.01 Å². The van der Waals surface area contributed by atoms with Crippen LogP contribution in [0, 0.1) is 5.92 Å². The summed E-state index contributed by atoms with van der Waals surface area (Å²) in [6.45, 7) is 7.56. The van der Waals surface area contributed by atoms with Crippen LogP contribution in [0.25, 0.3) is 0 Å². The topological polar surface area (TPSA) is 52.6 Å². The minimum Gasteiger partial charge on any atom is -0.356 e. The van der Waals surface area contributed by atoms with E-state index >= 15 is 0 Å². The van der Waals surface area contributed by atoms with Gasteiger partial charge in [-0.15, -0.1) is 35.3 Å². The van der Waals surface area contributed by atoms with Crippen LogP contribution in [0.1, 0.15) is 28.8 Å². The second-order valence-corrected chi connectivity index (χ2v) is 8.59. The molecule has 1 aliphatic rings. The third kappa shape index (κ3) is 8.22. The highest BCUT2D eigenvalue weighted by Gasteiger charge is 2.22. The Labute approximate surface area is 196 Å². The van der Waals surface area contributed by atoms with Crippen LogP contribution in [0.4, 0.5) is 0 Å². The highest BCUT2D eigenvalue weighted by Crippen LogP contribution is 2.16. The average molecular weight is 528 g/mol. The molecule has 0 aliphatic carbocycles. The van der Waals surface area contributed by atoms with E-state index in [1.54, 1.807) is 0 Å². The molecule has 160 valence electrons. The first-order chi connectivity index (χ1) is 13.8. The fourth-order valence-electron chi connectivity index (χ4n) is 3.59. The number of hydrogen-bond donors (Lipinski definition) is 2. The third-order valence-electron chi connectivity index (χ3n) is 5.29. The van der Waals surface area contributed by atoms with Crippen LogP contribution in [0.2, 0.25) is 0 Å². The SMILES string of the molecule is CCc1cnc(CCNC(=NC)NCC2CCN(CCc3ccccc3)C2)s1.I. The van der Waals surface area contributed by atoms with Crippen molar-refractivity contribution in [3.63, 3.8) is 0 Å². The normalized spacial score (nSPS) is 17.2. The molecule has 1 unspecified atom stereocenters. The first kappa shape index (κ1) is 24.1. The molecule has 5 nitrogen and oxygen atoms in total. The Morgan fingerprint density at radius 2 is 2.07 bits per heavy atom. The molecule has 0 saturated carbocycles. The van der Waals surface area contributed by atoms with E-state index in [1.165, 1.54) is 35.0 Å². The van der Waals surface area contributed by atoms with Crippen molar-refractivity contribution < 1.29 is 0 Å². The van der Waals surface area contributed by atoms with Crippen LogP contribution in [0.3, 0.4) is 0 Å². The van der Waals surface area contributed by atoms with Crippen molar-refractivity contribution in [3.05, 3.63) is 52.0 Å². The molecular weight excluding hydrogens is 493 g/mol. The van der Waals surface area contributed by atoms with Crippen molar-refractivity contribution in [2.45, 2.75) is 32.6 Å². The number of nitrogens with zero attached hydrogens (tertiary/aromatic N) is 3. The molecule has 3 rings (SSSR count). The third-order valence-corrected chi connectivity index (χ3v) is 6.49. The molecule has 1 aromatic carbocycles. The maximum absolute atomic E-state index is 4.48. The van der Waals surface area contributed by atoms with Crippen LogP contribution in [0.15, 0.2) is 41.5 Å². The number of likely N-dealkylation sites (tertiary alicyclic amines) is 1. The van der Waals surface area contributed by atoms with Crippen LogP contribution in [-0.4, -0.2) is 55.6 Å². The fourth-order valence-corrected chi connectivity index (χ4v) is 4.45. The first-order valence-corrected chi connectivity index (χ1v) is 11.2. The van der Waals surface area contributed by atoms with Crippen LogP contribution in [0.5, 0.6) is 0 Å². The molecule has 1 aliphatic heterocycles. The van der Waals surface area contributed by atoms with Crippen molar-refractivity contribution in [3.8, 4) is 0 Å². The molecule has 0 amide bonds. The van der Waals surface area contributed by atoms with Gasteiger partial charge in [0.15, 0.2) is 5.96 Å². The van der Waals surface area contributed by atoms with Gasteiger partial charge in [-0.2, -0.15) is 0 Å². The average Bonchev–Trinajstić information content (AvgIpc) is 3.39. The molecule has 0 spiro atoms. The summed E-state index contributed by atoms with van der Waals surface area (Å²) in [5.74, 6) is 1.59. The monoisotopic (exact) mass is 527 g/mol. The van der Waals surface area contributed by atoms with E-state index in [2.05, 4.69) is 62.8 Å². The zero-order valence-electron chi connectivity index (χ0n) is 17.6. The first-order valence-electron chi connectivity index (χ1n) is 10.4. The highest BCUT2D eigenvalue weighted by molar-refractivity contribution is 14.0. The van der Waals surface area contributed by atoms with Gasteiger partial charge in [0.25, 0.3) is 0 Å². The predicted molar refractivity (Wildman–Crippen MR) is 135 cm³/mol. The molecule has 0 radical (unpaired) electrons. The van der Waals surface area contributed by atoms with E-state index in [1.807, 2.05) is 24.6 Å². The Morgan fingerprint density at radius 3 is 2.79 bits per heavy atom. The van der Waals surface area contributed by atoms with Gasteiger partial charge < -0.3 is 15.5 Å². The standard InChI is InChI=1S/C22H33N5S.HI/c1-3-20-16-25-21(28-20)9-12-24-22(23-2)26-15-19-11-14-27(17-19)13-10-18-7-5-4-6-8-18;/h4-8,16,19H,3,9-15,17H2,1-2H3,(H2,23,24,26);1H. The molecule has 2 aromatic rings. The molecule has 2 N–H and O–H groups in total. The number of halogens is 1. The lowest BCUT2D eigenvalue weighted by Crippen LogP contribution is -2.41. The van der Waals surface area contributed by atoms with Crippen LogP contribution < -0.4 is 10.6 Å². The summed E-state index contributed by atoms with van der Waals surface area (Å²) in [5.41, 5.74) is 1.43. The lowest BCUT2D eigenvalue weighted by Gasteiger charge is -2.17. The number of thiazole rings is 1. The van der Waals surface area contributed by atoms with Gasteiger partial charge in [-0.1, -0.05) is 37.3 Å². The summed E-state index contributed by atoms with van der Waals surface area (Å²) in [6, 6.07) is 10.8. The van der Waals surface area contributed by atoms with Crippen LogP contribution >= 0.6 is 35.3 Å². The van der Waals surface area contributed by atoms with Gasteiger partial charge in [0.2, 0.25) is 0 Å². The van der Waals surface area contributed by atoms with Crippen molar-refractivity contribution >= 4 is 41.3 Å². The number of rotatable bonds is 9. The number of hydrogen-bond acceptors (Lipinski definition) is 4. The maximum Gasteiger partial charge on any atom is 0.191 e. The van der Waals surface area contributed by atoms with Crippen molar-refractivity contribution in [2.75, 3.05) is 39.8 Å². The number of nitrogens with one attached hydrogen (secondary N) is 2. The molecule has 7 heteroatoms. The number of guanidine groups is 1. The fraction of sp³-hybridized carbons (Fsp3) is 0.545. The van der Waals surface area contributed by atoms with Gasteiger partial charge in [-0.25, -0.2) is 4.98 Å². The molecule has 0 bridgehead atoms. The van der Waals surface area contributed by atoms with E-state index in [4.69, 9.17) is 0 Å². The van der Waals surface area contributed by atoms with Gasteiger partial charge >= 0.3 is 0 Å². The van der Waals surface area contributed by atoms with E-state index in [0.717, 1.165) is 44.9 Å². The quantitative estimate of drug-likeness (QED) is 0.298. The van der Waals surface area contributed by atoms with Crippen molar-refractivity contribution in [1.82, 2.24) is 20.5 Å². The summed E-state index contributed by atoms with van der Waals surface area (Å²) < 4.78 is 0. The lowest BCUT2D eigenvalue weighted by molar-refractivity contribution is 0.328. The van der Waals surface area contributed by atoms with Gasteiger partial charge in [0.1, 0.15) is 0 Å². The molecule has 1 saturated heterocycles. The zero-order chi connectivity index (χ0) is 19.6. The second kappa shape index (κ2) is 13.2. The Kier molecular flexibility index (Phi) is 10.9. The van der Waals surface area contributed by atoms with Gasteiger partial charge in [-0.05, 0) is 37.3 Å². The number of aliphatic imine (C=N–C) groups is 1. The van der Waals surface area contributed by atoms with Gasteiger partial charge in [0, 0.05) is 50.7 Å². The number of aryl methyl sites for hydroxylation is 1. The predicted octanol–water partition coefficient (Wildman–Crippen LogP) is 3.60. The molecule has 1 fully saturated rings. The molecule has 1 atom stereocenters. The van der Waals surface area contributed by atoms with E-state index in [-0.39, 0.29) is 24.0 Å². The molecular formula is C22H34IN5S. The minimum absolute atomic E-state index is 0. The summed E-state index contributed by atoms with van der Waals surface area (Å²) in [6.07, 6.45) is 6.41. The van der Waals surface area contributed by atoms with Gasteiger partial charge in [-0.3, -0.25) is 4.99 Å². The Hall–Kier alpha value is -1.19. The Balaban J connectivity index is 0.00000300. The van der Waals surface area contributed by atoms with E-state index < -0.39 is 0 Å². The molecule has 1 aromatic heterocycles. The molecule has 29 heavy (non-hydrogen) atoms. The van der Waals surface area contributed by atoms with Crippen LogP contribution in [-0.2, 0) is 19.3 Å². The Morgan fingerprint density at radius 1 is 1.24 bits per heavy atom. The largest absolute Gasteiger partial charge is 0.356 e. The van der Waals surface area contributed by atoms with E-state index in [0.29, 0.717) is 5.92 Å². The van der Waals surface area contributed by atoms with Crippen molar-refractivity contribution in [1.29, 1.82) is 0 Å². The Bertz CT molecular complexity index is 734. The maximum atomic E-state index is 4.48. The lowest BCUT2D eigenvalue weighted by atomic mass is 10.1. The summed E-state index contributed by atoms with van der Waals surface area (Å²) in [5, 5.41) is 8.12. The highest BCUT2D eigenvalue weighted by atomic mass is 127. The smallest absolute Gasteiger partial charge is 0.191 e. The molecule has 2 heterocycles. The summed E-state index contributed by atoms with van der Waals surface area (Å²) in [4.78, 5) is 12.8. The second-order valence-electron chi connectivity index (χ2n) is 7.39. The number of benzene rings is 1. The number of aromatic nitrogens is 1. The minimum atomic E-state index is 0. The summed E-state index contributed by atoms with van der Waals surface area (Å²) in [7, 11) is 1.84. The summed E-state index contributed by atoms with van der Waals surface area (Å²) >= 11 is 1.81. The van der Waals surface area contributed by atoms with Crippen molar-refractivity contribution in [2.24, 2.45) is 10.9 Å². The zero-order valence-corrected chi connectivity index (χ0v) is 20.7. The van der Waals surface area contributed by atoms with E-state index in [9.17, 15) is 0 Å².